The molecular weight excluding hydrogens is 204 g/mol. The fourth-order valence-corrected chi connectivity index (χ4v) is 2.25. The molecule has 3 nitrogen and oxygen atoms in total. The van der Waals surface area contributed by atoms with E-state index in [2.05, 4.69) is 27.7 Å². The highest BCUT2D eigenvalue weighted by molar-refractivity contribution is 4.85. The Kier molecular flexibility index (Phi) is 5.73. The number of rotatable bonds is 6. The normalized spacial score (nSPS) is 30.6. The third-order valence-corrected chi connectivity index (χ3v) is 3.07. The molecular formula is C13H26O3. The molecule has 3 heteroatoms. The Bertz CT molecular complexity index is 192. The predicted molar refractivity (Wildman–Crippen MR) is 64.6 cm³/mol. The molecule has 16 heavy (non-hydrogen) atoms. The summed E-state index contributed by atoms with van der Waals surface area (Å²) in [7, 11) is 1.77. The van der Waals surface area contributed by atoms with Crippen LogP contribution in [0.15, 0.2) is 0 Å². The van der Waals surface area contributed by atoms with Gasteiger partial charge in [-0.05, 0) is 26.2 Å². The second-order valence-electron chi connectivity index (χ2n) is 5.32. The SMILES string of the molecule is COC1CO[C@H](COC(C)C)[C@@H]1CC(C)C. The van der Waals surface area contributed by atoms with E-state index < -0.39 is 0 Å². The molecule has 0 saturated carbocycles. The molecule has 96 valence electrons. The molecule has 1 aliphatic rings. The topological polar surface area (TPSA) is 27.7 Å². The Hall–Kier alpha value is -0.120. The first-order valence-corrected chi connectivity index (χ1v) is 6.30. The van der Waals surface area contributed by atoms with Crippen LogP contribution in [0.1, 0.15) is 34.1 Å². The molecule has 1 saturated heterocycles. The zero-order valence-electron chi connectivity index (χ0n) is 11.2. The van der Waals surface area contributed by atoms with Gasteiger partial charge < -0.3 is 14.2 Å². The van der Waals surface area contributed by atoms with Crippen LogP contribution in [0.25, 0.3) is 0 Å². The third-order valence-electron chi connectivity index (χ3n) is 3.07. The van der Waals surface area contributed by atoms with E-state index in [1.54, 1.807) is 7.11 Å². The summed E-state index contributed by atoms with van der Waals surface area (Å²) in [6.45, 7) is 9.99. The van der Waals surface area contributed by atoms with Gasteiger partial charge in [0, 0.05) is 13.0 Å². The molecule has 1 rings (SSSR count). The van der Waals surface area contributed by atoms with Crippen molar-refractivity contribution in [2.75, 3.05) is 20.3 Å². The lowest BCUT2D eigenvalue weighted by molar-refractivity contribution is -0.0233. The van der Waals surface area contributed by atoms with Crippen LogP contribution in [0, 0.1) is 11.8 Å². The second-order valence-corrected chi connectivity index (χ2v) is 5.32. The van der Waals surface area contributed by atoms with Gasteiger partial charge in [-0.25, -0.2) is 0 Å². The third kappa shape index (κ3) is 4.04. The molecule has 0 N–H and O–H groups in total. The average Bonchev–Trinajstić information content (AvgIpc) is 2.56. The summed E-state index contributed by atoms with van der Waals surface area (Å²) in [6, 6.07) is 0. The molecule has 0 aromatic heterocycles. The van der Waals surface area contributed by atoms with Crippen molar-refractivity contribution in [1.29, 1.82) is 0 Å². The Morgan fingerprint density at radius 2 is 1.94 bits per heavy atom. The van der Waals surface area contributed by atoms with Gasteiger partial charge in [0.2, 0.25) is 0 Å². The van der Waals surface area contributed by atoms with Crippen molar-refractivity contribution in [1.82, 2.24) is 0 Å². The van der Waals surface area contributed by atoms with Crippen molar-refractivity contribution in [2.45, 2.75) is 52.4 Å². The molecule has 0 bridgehead atoms. The largest absolute Gasteiger partial charge is 0.379 e. The fourth-order valence-electron chi connectivity index (χ4n) is 2.25. The van der Waals surface area contributed by atoms with E-state index >= 15 is 0 Å². The number of ether oxygens (including phenoxy) is 3. The summed E-state index contributed by atoms with van der Waals surface area (Å²) < 4.78 is 16.9. The molecule has 1 fully saturated rings. The molecule has 3 atom stereocenters. The average molecular weight is 230 g/mol. The van der Waals surface area contributed by atoms with Crippen LogP contribution >= 0.6 is 0 Å². The monoisotopic (exact) mass is 230 g/mol. The van der Waals surface area contributed by atoms with Crippen LogP contribution in [0.3, 0.4) is 0 Å². The van der Waals surface area contributed by atoms with E-state index in [1.165, 1.54) is 0 Å². The van der Waals surface area contributed by atoms with Gasteiger partial charge in [0.25, 0.3) is 0 Å². The van der Waals surface area contributed by atoms with Crippen molar-refractivity contribution in [2.24, 2.45) is 11.8 Å². The van der Waals surface area contributed by atoms with Gasteiger partial charge in [0.05, 0.1) is 31.5 Å². The Morgan fingerprint density at radius 3 is 2.44 bits per heavy atom. The molecule has 1 heterocycles. The molecule has 0 aromatic rings. The first-order valence-electron chi connectivity index (χ1n) is 6.30. The highest BCUT2D eigenvalue weighted by atomic mass is 16.6. The highest BCUT2D eigenvalue weighted by Gasteiger charge is 2.37. The summed E-state index contributed by atoms with van der Waals surface area (Å²) >= 11 is 0. The minimum atomic E-state index is 0.203. The molecule has 0 aliphatic carbocycles. The van der Waals surface area contributed by atoms with E-state index in [0.29, 0.717) is 25.0 Å². The number of hydrogen-bond acceptors (Lipinski definition) is 3. The van der Waals surface area contributed by atoms with Gasteiger partial charge >= 0.3 is 0 Å². The van der Waals surface area contributed by atoms with Gasteiger partial charge in [-0.2, -0.15) is 0 Å². The minimum Gasteiger partial charge on any atom is -0.379 e. The maximum atomic E-state index is 5.77. The Balaban J connectivity index is 2.48. The molecule has 1 aliphatic heterocycles. The second kappa shape index (κ2) is 6.58. The zero-order chi connectivity index (χ0) is 12.1. The van der Waals surface area contributed by atoms with Gasteiger partial charge in [-0.3, -0.25) is 0 Å². The highest BCUT2D eigenvalue weighted by Crippen LogP contribution is 2.30. The smallest absolute Gasteiger partial charge is 0.0863 e. The van der Waals surface area contributed by atoms with E-state index in [-0.39, 0.29) is 18.3 Å². The van der Waals surface area contributed by atoms with Gasteiger partial charge in [0.15, 0.2) is 0 Å². The predicted octanol–water partition coefficient (Wildman–Crippen LogP) is 2.49. The van der Waals surface area contributed by atoms with Crippen LogP contribution < -0.4 is 0 Å². The molecule has 0 spiro atoms. The van der Waals surface area contributed by atoms with Crippen LogP contribution in [-0.4, -0.2) is 38.6 Å². The molecule has 0 aromatic carbocycles. The molecule has 0 amide bonds. The fraction of sp³-hybridized carbons (Fsp3) is 1.00. The lowest BCUT2D eigenvalue weighted by Gasteiger charge is -2.24. The van der Waals surface area contributed by atoms with Gasteiger partial charge in [-0.1, -0.05) is 13.8 Å². The summed E-state index contributed by atoms with van der Waals surface area (Å²) in [4.78, 5) is 0. The molecule has 0 radical (unpaired) electrons. The maximum absolute atomic E-state index is 5.77. The first-order chi connectivity index (χ1) is 7.54. The van der Waals surface area contributed by atoms with Crippen LogP contribution in [0.2, 0.25) is 0 Å². The minimum absolute atomic E-state index is 0.203. The van der Waals surface area contributed by atoms with Crippen molar-refractivity contribution < 1.29 is 14.2 Å². The van der Waals surface area contributed by atoms with Crippen LogP contribution in [0.4, 0.5) is 0 Å². The lowest BCUT2D eigenvalue weighted by Crippen LogP contribution is -2.31. The summed E-state index contributed by atoms with van der Waals surface area (Å²) in [5.74, 6) is 1.15. The van der Waals surface area contributed by atoms with Crippen LogP contribution in [0.5, 0.6) is 0 Å². The Morgan fingerprint density at radius 1 is 1.25 bits per heavy atom. The summed E-state index contributed by atoms with van der Waals surface area (Å²) in [6.07, 6.45) is 1.85. The van der Waals surface area contributed by atoms with E-state index in [0.717, 1.165) is 6.42 Å². The van der Waals surface area contributed by atoms with Gasteiger partial charge in [0.1, 0.15) is 0 Å². The maximum Gasteiger partial charge on any atom is 0.0863 e. The van der Waals surface area contributed by atoms with Crippen molar-refractivity contribution in [3.63, 3.8) is 0 Å². The molecule has 1 unspecified atom stereocenters. The standard InChI is InChI=1S/C13H26O3/c1-9(2)6-11-12(14-5)7-16-13(11)8-15-10(3)4/h9-13H,6-8H2,1-5H3/t11-,12?,13-/m1/s1. The van der Waals surface area contributed by atoms with Crippen molar-refractivity contribution in [3.05, 3.63) is 0 Å². The van der Waals surface area contributed by atoms with E-state index in [9.17, 15) is 0 Å². The van der Waals surface area contributed by atoms with Crippen molar-refractivity contribution in [3.8, 4) is 0 Å². The van der Waals surface area contributed by atoms with Gasteiger partial charge in [-0.15, -0.1) is 0 Å². The summed E-state index contributed by atoms with van der Waals surface area (Å²) in [5.41, 5.74) is 0. The first kappa shape index (κ1) is 13.9. The Labute approximate surface area is 99.5 Å². The number of methoxy groups -OCH3 is 1. The van der Waals surface area contributed by atoms with E-state index in [4.69, 9.17) is 14.2 Å². The quantitative estimate of drug-likeness (QED) is 0.701. The van der Waals surface area contributed by atoms with E-state index in [1.807, 2.05) is 0 Å². The lowest BCUT2D eigenvalue weighted by atomic mass is 9.90. The van der Waals surface area contributed by atoms with Crippen LogP contribution in [-0.2, 0) is 14.2 Å². The van der Waals surface area contributed by atoms with Crippen molar-refractivity contribution >= 4 is 0 Å². The number of hydrogen-bond donors (Lipinski definition) is 0. The summed E-state index contributed by atoms with van der Waals surface area (Å²) in [5, 5.41) is 0. The zero-order valence-corrected chi connectivity index (χ0v) is 11.2.